The van der Waals surface area contributed by atoms with Crippen LogP contribution in [0.3, 0.4) is 0 Å². The summed E-state index contributed by atoms with van der Waals surface area (Å²) >= 11 is 2.68. The topological polar surface area (TPSA) is 0 Å². The highest BCUT2D eigenvalue weighted by Gasteiger charge is 2.25. The van der Waals surface area contributed by atoms with Crippen molar-refractivity contribution in [1.82, 2.24) is 0 Å². The zero-order chi connectivity index (χ0) is 7.71. The summed E-state index contributed by atoms with van der Waals surface area (Å²) in [6.45, 7) is 12.3. The quantitative estimate of drug-likeness (QED) is 0.410. The molecule has 0 radical (unpaired) electrons. The van der Waals surface area contributed by atoms with Crippen LogP contribution in [0.2, 0.25) is 38.4 Å². The molecule has 0 aliphatic rings. The van der Waals surface area contributed by atoms with Crippen molar-refractivity contribution in [3.8, 4) is 0 Å². The fourth-order valence-corrected chi connectivity index (χ4v) is 21.6. The van der Waals surface area contributed by atoms with Crippen LogP contribution in [0.15, 0.2) is 0 Å². The number of hydrogen-bond acceptors (Lipinski definition) is 0. The van der Waals surface area contributed by atoms with E-state index in [1.807, 2.05) is 0 Å². The van der Waals surface area contributed by atoms with Crippen LogP contribution in [-0.2, 0) is 0 Å². The van der Waals surface area contributed by atoms with E-state index in [-0.39, 0.29) is 0 Å². The molecule has 0 saturated heterocycles. The maximum Gasteiger partial charge on any atom is 0.117 e. The van der Waals surface area contributed by atoms with Crippen molar-refractivity contribution < 1.29 is 0 Å². The maximum absolute atomic E-state index is 2.68. The van der Waals surface area contributed by atoms with Gasteiger partial charge >= 0.3 is 0 Å². The minimum atomic E-state index is -0.761. The van der Waals surface area contributed by atoms with Crippen LogP contribution < -0.4 is 0 Å². The Kier molecular flexibility index (Phi) is 3.44. The molecule has 0 unspecified atom stereocenters. The first kappa shape index (κ1) is 10.2. The normalized spacial score (nSPS) is 14.0. The lowest BCUT2D eigenvalue weighted by Crippen LogP contribution is -2.32. The van der Waals surface area contributed by atoms with Crippen LogP contribution in [0.4, 0.5) is 0 Å². The molecule has 56 valence electrons. The molecule has 0 nitrogen and oxygen atoms in total. The molecule has 0 aliphatic carbocycles. The number of hydrogen-bond donors (Lipinski definition) is 0. The maximum atomic E-state index is 2.68. The van der Waals surface area contributed by atoms with Gasteiger partial charge in [-0.15, -0.1) is 21.8 Å². The lowest BCUT2D eigenvalue weighted by atomic mass is 11.7. The Morgan fingerprint density at radius 1 is 1.00 bits per heavy atom. The van der Waals surface area contributed by atoms with Crippen LogP contribution in [0.1, 0.15) is 0 Å². The lowest BCUT2D eigenvalue weighted by Gasteiger charge is -2.23. The van der Waals surface area contributed by atoms with E-state index in [0.29, 0.717) is 0 Å². The van der Waals surface area contributed by atoms with Crippen molar-refractivity contribution in [3.63, 3.8) is 0 Å². The van der Waals surface area contributed by atoms with E-state index in [1.54, 1.807) is 5.67 Å². The zero-order valence-electron chi connectivity index (χ0n) is 7.09. The first-order valence-electron chi connectivity index (χ1n) is 3.40. The van der Waals surface area contributed by atoms with Crippen molar-refractivity contribution in [1.29, 1.82) is 0 Å². The molecule has 3 heteroatoms. The molecule has 0 aromatic rings. The van der Waals surface area contributed by atoms with Gasteiger partial charge in [-0.05, 0) is 0 Å². The molecular formula is C6H17ISi2. The summed E-state index contributed by atoms with van der Waals surface area (Å²) in [5, 5.41) is 0. The molecule has 0 aliphatic heterocycles. The molecular weight excluding hydrogens is 255 g/mol. The van der Waals surface area contributed by atoms with Gasteiger partial charge in [0.25, 0.3) is 0 Å². The summed E-state index contributed by atoms with van der Waals surface area (Å²) in [6, 6.07) is 0. The monoisotopic (exact) mass is 272 g/mol. The van der Waals surface area contributed by atoms with Crippen LogP contribution >= 0.6 is 21.8 Å². The van der Waals surface area contributed by atoms with Crippen LogP contribution in [0.5, 0.6) is 0 Å². The van der Waals surface area contributed by atoms with Crippen molar-refractivity contribution in [2.24, 2.45) is 0 Å². The Balaban J connectivity index is 3.75. The standard InChI is InChI=1S/C6H17ISi2/c1-8(2,3)6-9(4,5)7/h6H2,1-5H3. The minimum absolute atomic E-state index is 0.738. The van der Waals surface area contributed by atoms with E-state index in [0.717, 1.165) is 0 Å². The average molecular weight is 272 g/mol. The Bertz CT molecular complexity index is 76.2. The summed E-state index contributed by atoms with van der Waals surface area (Å²) in [5.74, 6) is 0. The largest absolute Gasteiger partial charge is 0.120 e. The Morgan fingerprint density at radius 3 is 1.33 bits per heavy atom. The molecule has 0 bridgehead atoms. The third-order valence-corrected chi connectivity index (χ3v) is 12.0. The summed E-state index contributed by atoms with van der Waals surface area (Å²) in [6.07, 6.45) is 0. The van der Waals surface area contributed by atoms with Crippen molar-refractivity contribution >= 4 is 35.4 Å². The molecule has 0 aromatic carbocycles. The second kappa shape index (κ2) is 3.04. The molecule has 0 N–H and O–H groups in total. The second-order valence-electron chi connectivity index (χ2n) is 4.46. The third-order valence-electron chi connectivity index (χ3n) is 0.951. The number of rotatable bonds is 2. The van der Waals surface area contributed by atoms with Gasteiger partial charge in [-0.3, -0.25) is 0 Å². The highest BCUT2D eigenvalue weighted by Crippen LogP contribution is 2.24. The molecule has 0 rings (SSSR count). The SMILES string of the molecule is C[Si](C)(C)C[Si](C)(C)I. The van der Waals surface area contributed by atoms with Gasteiger partial charge in [0.05, 0.1) is 0 Å². The molecule has 0 amide bonds. The van der Waals surface area contributed by atoms with E-state index in [1.165, 1.54) is 0 Å². The fourth-order valence-electron chi connectivity index (χ4n) is 1.26. The molecule has 0 spiro atoms. The average Bonchev–Trinajstić information content (AvgIpc) is 1.14. The van der Waals surface area contributed by atoms with Gasteiger partial charge in [-0.1, -0.05) is 38.4 Å². The molecule has 0 fully saturated rings. The van der Waals surface area contributed by atoms with Gasteiger partial charge < -0.3 is 0 Å². The van der Waals surface area contributed by atoms with E-state index in [9.17, 15) is 0 Å². The predicted molar refractivity (Wildman–Crippen MR) is 59.7 cm³/mol. The van der Waals surface area contributed by atoms with Gasteiger partial charge in [-0.25, -0.2) is 0 Å². The first-order valence-corrected chi connectivity index (χ1v) is 13.4. The molecule has 0 atom stereocenters. The van der Waals surface area contributed by atoms with Crippen molar-refractivity contribution in [3.05, 3.63) is 0 Å². The van der Waals surface area contributed by atoms with Gasteiger partial charge in [0.1, 0.15) is 5.57 Å². The smallest absolute Gasteiger partial charge is 0.117 e. The highest BCUT2D eigenvalue weighted by molar-refractivity contribution is 14.1. The van der Waals surface area contributed by atoms with Crippen molar-refractivity contribution in [2.45, 2.75) is 38.4 Å². The Morgan fingerprint density at radius 2 is 1.33 bits per heavy atom. The van der Waals surface area contributed by atoms with Crippen LogP contribution in [-0.4, -0.2) is 13.6 Å². The van der Waals surface area contributed by atoms with Crippen LogP contribution in [0.25, 0.3) is 0 Å². The van der Waals surface area contributed by atoms with Gasteiger partial charge in [0, 0.05) is 8.07 Å². The third kappa shape index (κ3) is 9.16. The van der Waals surface area contributed by atoms with E-state index < -0.39 is 13.6 Å². The molecule has 0 aromatic heterocycles. The number of halogens is 1. The second-order valence-corrected chi connectivity index (χ2v) is 23.2. The summed E-state index contributed by atoms with van der Waals surface area (Å²) in [4.78, 5) is 0. The highest BCUT2D eigenvalue weighted by atomic mass is 127. The first-order chi connectivity index (χ1) is 3.71. The van der Waals surface area contributed by atoms with Crippen LogP contribution in [0, 0.1) is 0 Å². The van der Waals surface area contributed by atoms with E-state index in [4.69, 9.17) is 0 Å². The van der Waals surface area contributed by atoms with E-state index in [2.05, 4.69) is 54.5 Å². The minimum Gasteiger partial charge on any atom is -0.120 e. The van der Waals surface area contributed by atoms with Gasteiger partial charge in [0.15, 0.2) is 0 Å². The molecule has 0 saturated carbocycles. The summed E-state index contributed by atoms with van der Waals surface area (Å²) in [5.41, 5.74) is 0.795. The Hall–Kier alpha value is 1.16. The van der Waals surface area contributed by atoms with Gasteiger partial charge in [0.2, 0.25) is 0 Å². The predicted octanol–water partition coefficient (Wildman–Crippen LogP) is 3.50. The zero-order valence-corrected chi connectivity index (χ0v) is 11.2. The lowest BCUT2D eigenvalue weighted by molar-refractivity contribution is 1.58. The van der Waals surface area contributed by atoms with Gasteiger partial charge in [-0.2, -0.15) is 0 Å². The van der Waals surface area contributed by atoms with Crippen molar-refractivity contribution in [2.75, 3.05) is 0 Å². The summed E-state index contributed by atoms with van der Waals surface area (Å²) in [7, 11) is -0.738. The Labute approximate surface area is 73.7 Å². The summed E-state index contributed by atoms with van der Waals surface area (Å²) < 4.78 is 0. The van der Waals surface area contributed by atoms with E-state index >= 15 is 0 Å². The fraction of sp³-hybridized carbons (Fsp3) is 1.00. The molecule has 9 heavy (non-hydrogen) atoms. The molecule has 0 heterocycles.